The van der Waals surface area contributed by atoms with Crippen molar-refractivity contribution in [1.82, 2.24) is 4.90 Å². The molecule has 5 nitrogen and oxygen atoms in total. The lowest BCUT2D eigenvalue weighted by molar-refractivity contribution is 0.0970. The minimum Gasteiger partial charge on any atom is -0.455 e. The molecule has 0 bridgehead atoms. The molecule has 22 heavy (non-hydrogen) atoms. The summed E-state index contributed by atoms with van der Waals surface area (Å²) in [7, 11) is 0. The van der Waals surface area contributed by atoms with Gasteiger partial charge in [-0.05, 0) is 30.7 Å². The van der Waals surface area contributed by atoms with Crippen LogP contribution in [-0.4, -0.2) is 29.9 Å². The van der Waals surface area contributed by atoms with Crippen LogP contribution in [0, 0.1) is 11.8 Å². The minimum absolute atomic E-state index is 0.152. The summed E-state index contributed by atoms with van der Waals surface area (Å²) in [5.41, 5.74) is 12.6. The van der Waals surface area contributed by atoms with Crippen molar-refractivity contribution in [3.8, 4) is 0 Å². The van der Waals surface area contributed by atoms with Crippen LogP contribution in [0.15, 0.2) is 10.5 Å². The van der Waals surface area contributed by atoms with E-state index in [1.54, 1.807) is 6.07 Å². The summed E-state index contributed by atoms with van der Waals surface area (Å²) in [5, 5.41) is 0. The molecule has 1 aliphatic heterocycles. The summed E-state index contributed by atoms with van der Waals surface area (Å²) < 4.78 is 5.73. The van der Waals surface area contributed by atoms with E-state index in [1.165, 1.54) is 12.8 Å². The third-order valence-corrected chi connectivity index (χ3v) is 4.84. The van der Waals surface area contributed by atoms with Gasteiger partial charge in [-0.3, -0.25) is 9.69 Å². The molecule has 1 amide bonds. The largest absolute Gasteiger partial charge is 0.455 e. The van der Waals surface area contributed by atoms with Crippen LogP contribution in [0.2, 0.25) is 0 Å². The van der Waals surface area contributed by atoms with Gasteiger partial charge in [0.2, 0.25) is 0 Å². The number of furan rings is 1. The average Bonchev–Trinajstić information content (AvgIpc) is 3.03. The van der Waals surface area contributed by atoms with Gasteiger partial charge in [-0.2, -0.15) is 0 Å². The molecule has 1 saturated heterocycles. The van der Waals surface area contributed by atoms with Gasteiger partial charge in [-0.1, -0.05) is 20.8 Å². The molecule has 0 unspecified atom stereocenters. The van der Waals surface area contributed by atoms with E-state index in [0.717, 1.165) is 36.9 Å². The fourth-order valence-corrected chi connectivity index (χ4v) is 3.64. The zero-order chi connectivity index (χ0) is 16.1. The Bertz CT molecular complexity index is 569. The van der Waals surface area contributed by atoms with Crippen LogP contribution in [-0.2, 0) is 12.0 Å². The monoisotopic (exact) mass is 305 g/mol. The fourth-order valence-electron chi connectivity index (χ4n) is 3.64. The third kappa shape index (κ3) is 3.06. The molecule has 2 atom stereocenters. The molecule has 4 N–H and O–H groups in total. The molecule has 2 fully saturated rings. The van der Waals surface area contributed by atoms with Crippen LogP contribution in [0.25, 0.3) is 0 Å². The van der Waals surface area contributed by atoms with E-state index < -0.39 is 5.91 Å². The number of likely N-dealkylation sites (tertiary alicyclic amines) is 1. The maximum atomic E-state index is 11.4. The van der Waals surface area contributed by atoms with Crippen molar-refractivity contribution in [2.24, 2.45) is 23.3 Å². The SMILES string of the molecule is CC(C)(C)c1oc(C(N)=O)cc1CN1C[C@H](C2CC2)[C@@H](N)C1. The van der Waals surface area contributed by atoms with Crippen molar-refractivity contribution in [1.29, 1.82) is 0 Å². The number of nitrogens with zero attached hydrogens (tertiary/aromatic N) is 1. The lowest BCUT2D eigenvalue weighted by Gasteiger charge is -2.20. The Morgan fingerprint density at radius 2 is 2.05 bits per heavy atom. The van der Waals surface area contributed by atoms with E-state index in [0.29, 0.717) is 5.92 Å². The molecule has 122 valence electrons. The normalized spacial score (nSPS) is 26.5. The number of rotatable bonds is 4. The fraction of sp³-hybridized carbons (Fsp3) is 0.706. The van der Waals surface area contributed by atoms with E-state index in [4.69, 9.17) is 15.9 Å². The van der Waals surface area contributed by atoms with E-state index in [2.05, 4.69) is 25.7 Å². The van der Waals surface area contributed by atoms with Gasteiger partial charge in [0.15, 0.2) is 5.76 Å². The maximum absolute atomic E-state index is 11.4. The van der Waals surface area contributed by atoms with Gasteiger partial charge in [0.05, 0.1) is 0 Å². The van der Waals surface area contributed by atoms with Gasteiger partial charge in [0.25, 0.3) is 5.91 Å². The van der Waals surface area contributed by atoms with E-state index in [-0.39, 0.29) is 17.2 Å². The molecule has 3 rings (SSSR count). The molecule has 0 spiro atoms. The number of hydrogen-bond donors (Lipinski definition) is 2. The predicted octanol–water partition coefficient (Wildman–Crippen LogP) is 1.85. The molecule has 5 heteroatoms. The highest BCUT2D eigenvalue weighted by Gasteiger charge is 2.41. The first-order chi connectivity index (χ1) is 10.3. The Labute approximate surface area is 132 Å². The molecule has 1 saturated carbocycles. The Balaban J connectivity index is 1.78. The Morgan fingerprint density at radius 1 is 1.36 bits per heavy atom. The van der Waals surface area contributed by atoms with Gasteiger partial charge in [0.1, 0.15) is 5.76 Å². The molecule has 1 aromatic rings. The van der Waals surface area contributed by atoms with Crippen molar-refractivity contribution < 1.29 is 9.21 Å². The highest BCUT2D eigenvalue weighted by Crippen LogP contribution is 2.41. The van der Waals surface area contributed by atoms with Crippen molar-refractivity contribution in [2.45, 2.75) is 51.6 Å². The van der Waals surface area contributed by atoms with Gasteiger partial charge >= 0.3 is 0 Å². The highest BCUT2D eigenvalue weighted by atomic mass is 16.4. The molecule has 2 heterocycles. The summed E-state index contributed by atoms with van der Waals surface area (Å²) in [5.74, 6) is 2.05. The summed E-state index contributed by atoms with van der Waals surface area (Å²) >= 11 is 0. The van der Waals surface area contributed by atoms with Crippen LogP contribution in [0.4, 0.5) is 0 Å². The molecule has 1 aromatic heterocycles. The van der Waals surface area contributed by atoms with Crippen LogP contribution in [0.5, 0.6) is 0 Å². The molecule has 0 radical (unpaired) electrons. The van der Waals surface area contributed by atoms with Gasteiger partial charge in [-0.15, -0.1) is 0 Å². The lowest BCUT2D eigenvalue weighted by Crippen LogP contribution is -2.30. The standard InChI is InChI=1S/C17H27N3O2/c1-17(2,3)15-11(6-14(22-15)16(19)21)7-20-8-12(10-4-5-10)13(18)9-20/h6,10,12-13H,4-5,7-9,18H2,1-3H3,(H2,19,21)/t12-,13+/m1/s1. The maximum Gasteiger partial charge on any atom is 0.284 e. The summed E-state index contributed by atoms with van der Waals surface area (Å²) in [6, 6.07) is 2.08. The Kier molecular flexibility index (Phi) is 3.81. The topological polar surface area (TPSA) is 85.5 Å². The number of hydrogen-bond acceptors (Lipinski definition) is 4. The second-order valence-corrected chi connectivity index (χ2v) is 7.94. The number of primary amides is 1. The zero-order valence-corrected chi connectivity index (χ0v) is 13.8. The summed E-state index contributed by atoms with van der Waals surface area (Å²) in [6.45, 7) is 9.00. The van der Waals surface area contributed by atoms with Crippen molar-refractivity contribution in [2.75, 3.05) is 13.1 Å². The second-order valence-electron chi connectivity index (χ2n) is 7.94. The van der Waals surface area contributed by atoms with E-state index in [9.17, 15) is 4.79 Å². The van der Waals surface area contributed by atoms with Gasteiger partial charge in [0, 0.05) is 36.7 Å². The van der Waals surface area contributed by atoms with E-state index in [1.807, 2.05) is 0 Å². The molecule has 1 aliphatic carbocycles. The molecular weight excluding hydrogens is 278 g/mol. The summed E-state index contributed by atoms with van der Waals surface area (Å²) in [4.78, 5) is 13.8. The van der Waals surface area contributed by atoms with Crippen LogP contribution >= 0.6 is 0 Å². The first-order valence-corrected chi connectivity index (χ1v) is 8.16. The number of nitrogens with two attached hydrogens (primary N) is 2. The smallest absolute Gasteiger partial charge is 0.284 e. The molecule has 2 aliphatic rings. The van der Waals surface area contributed by atoms with Gasteiger partial charge in [-0.25, -0.2) is 0 Å². The highest BCUT2D eigenvalue weighted by molar-refractivity contribution is 5.90. The minimum atomic E-state index is -0.509. The Morgan fingerprint density at radius 3 is 2.59 bits per heavy atom. The average molecular weight is 305 g/mol. The number of amides is 1. The van der Waals surface area contributed by atoms with Crippen LogP contribution in [0.1, 0.15) is 55.5 Å². The number of carbonyl (C=O) groups is 1. The second kappa shape index (κ2) is 5.39. The predicted molar refractivity (Wildman–Crippen MR) is 85.4 cm³/mol. The Hall–Kier alpha value is -1.33. The van der Waals surface area contributed by atoms with Crippen LogP contribution < -0.4 is 11.5 Å². The van der Waals surface area contributed by atoms with Crippen molar-refractivity contribution >= 4 is 5.91 Å². The molecular formula is C17H27N3O2. The van der Waals surface area contributed by atoms with Crippen LogP contribution in [0.3, 0.4) is 0 Å². The lowest BCUT2D eigenvalue weighted by atomic mass is 9.90. The van der Waals surface area contributed by atoms with Gasteiger partial charge < -0.3 is 15.9 Å². The first kappa shape index (κ1) is 15.6. The third-order valence-electron chi connectivity index (χ3n) is 4.84. The summed E-state index contributed by atoms with van der Waals surface area (Å²) in [6.07, 6.45) is 2.66. The van der Waals surface area contributed by atoms with E-state index >= 15 is 0 Å². The first-order valence-electron chi connectivity index (χ1n) is 8.16. The zero-order valence-electron chi connectivity index (χ0n) is 13.8. The number of carbonyl (C=O) groups excluding carboxylic acids is 1. The molecule has 0 aromatic carbocycles. The van der Waals surface area contributed by atoms with Crippen molar-refractivity contribution in [3.05, 3.63) is 23.2 Å². The quantitative estimate of drug-likeness (QED) is 0.889. The van der Waals surface area contributed by atoms with Crippen molar-refractivity contribution in [3.63, 3.8) is 0 Å².